The Balaban J connectivity index is 1.56. The van der Waals surface area contributed by atoms with E-state index in [1.54, 1.807) is 0 Å². The minimum Gasteiger partial charge on any atom is -0.439 e. The molecule has 1 heterocycles. The highest BCUT2D eigenvalue weighted by atomic mass is 16.3. The molecule has 1 aromatic carbocycles. The van der Waals surface area contributed by atoms with Crippen molar-refractivity contribution < 1.29 is 9.21 Å². The lowest BCUT2D eigenvalue weighted by atomic mass is 10.1. The van der Waals surface area contributed by atoms with Gasteiger partial charge in [0, 0.05) is 6.42 Å². The lowest BCUT2D eigenvalue weighted by Crippen LogP contribution is -2.24. The van der Waals surface area contributed by atoms with Crippen LogP contribution in [0.15, 0.2) is 40.8 Å². The molecule has 0 saturated carbocycles. The van der Waals surface area contributed by atoms with Crippen LogP contribution in [0.4, 0.5) is 0 Å². The molecule has 19 heavy (non-hydrogen) atoms. The van der Waals surface area contributed by atoms with E-state index < -0.39 is 0 Å². The van der Waals surface area contributed by atoms with Crippen LogP contribution in [0.2, 0.25) is 0 Å². The summed E-state index contributed by atoms with van der Waals surface area (Å²) in [5.41, 5.74) is 1.58. The van der Waals surface area contributed by atoms with E-state index in [-0.39, 0.29) is 5.91 Å². The summed E-state index contributed by atoms with van der Waals surface area (Å²) in [5.74, 6) is 0.999. The molecule has 1 aliphatic rings. The maximum absolute atomic E-state index is 11.8. The van der Waals surface area contributed by atoms with Crippen molar-refractivity contribution in [2.75, 3.05) is 0 Å². The number of rotatable bonds is 4. The van der Waals surface area contributed by atoms with Crippen molar-refractivity contribution in [3.63, 3.8) is 0 Å². The van der Waals surface area contributed by atoms with Crippen LogP contribution >= 0.6 is 0 Å². The van der Waals surface area contributed by atoms with Gasteiger partial charge in [0.2, 0.25) is 11.8 Å². The van der Waals surface area contributed by atoms with E-state index in [2.05, 4.69) is 22.5 Å². The van der Waals surface area contributed by atoms with E-state index >= 15 is 0 Å². The average Bonchev–Trinajstić information content (AvgIpc) is 3.04. The number of hydrogen-bond acceptors (Lipinski definition) is 3. The number of carbonyl (C=O) groups is 1. The molecular formula is C15H16N2O2. The van der Waals surface area contributed by atoms with Gasteiger partial charge in [-0.2, -0.15) is 0 Å². The summed E-state index contributed by atoms with van der Waals surface area (Å²) in [6.45, 7) is 0.351. The first-order valence-electron chi connectivity index (χ1n) is 6.59. The Morgan fingerprint density at radius 3 is 3.11 bits per heavy atom. The van der Waals surface area contributed by atoms with Crippen LogP contribution < -0.4 is 5.32 Å². The highest BCUT2D eigenvalue weighted by Crippen LogP contribution is 2.20. The Morgan fingerprint density at radius 1 is 1.42 bits per heavy atom. The largest absolute Gasteiger partial charge is 0.439 e. The third-order valence-corrected chi connectivity index (χ3v) is 3.33. The zero-order chi connectivity index (χ0) is 13.1. The number of hydrogen-bond donors (Lipinski definition) is 1. The molecule has 1 atom stereocenters. The second-order valence-corrected chi connectivity index (χ2v) is 4.82. The van der Waals surface area contributed by atoms with E-state index in [0.29, 0.717) is 24.8 Å². The van der Waals surface area contributed by atoms with Crippen molar-refractivity contribution in [3.05, 3.63) is 42.3 Å². The van der Waals surface area contributed by atoms with E-state index in [4.69, 9.17) is 4.42 Å². The first kappa shape index (κ1) is 12.0. The normalized spacial score (nSPS) is 18.0. The number of nitrogens with one attached hydrogen (secondary N) is 1. The summed E-state index contributed by atoms with van der Waals surface area (Å²) < 4.78 is 5.55. The number of oxazole rings is 1. The molecule has 1 amide bonds. The number of benzene rings is 1. The van der Waals surface area contributed by atoms with Crippen molar-refractivity contribution in [3.8, 4) is 0 Å². The van der Waals surface area contributed by atoms with Crippen LogP contribution in [-0.4, -0.2) is 10.9 Å². The SMILES string of the molecule is O=C(C[C@H]1C=CCC1)NCc1nc2ccccc2o1. The molecule has 0 unspecified atom stereocenters. The van der Waals surface area contributed by atoms with Gasteiger partial charge in [0.05, 0.1) is 6.54 Å². The number of nitrogens with zero attached hydrogens (tertiary/aromatic N) is 1. The summed E-state index contributed by atoms with van der Waals surface area (Å²) in [7, 11) is 0. The number of aromatic nitrogens is 1. The quantitative estimate of drug-likeness (QED) is 0.856. The molecule has 0 bridgehead atoms. The first-order chi connectivity index (χ1) is 9.31. The van der Waals surface area contributed by atoms with Crippen molar-refractivity contribution in [1.82, 2.24) is 10.3 Å². The standard InChI is InChI=1S/C15H16N2O2/c18-14(9-11-5-1-2-6-11)16-10-15-17-12-7-3-4-8-13(12)19-15/h1,3-5,7-8,11H,2,6,9-10H2,(H,16,18)/t11-/m0/s1. The molecule has 0 radical (unpaired) electrons. The van der Waals surface area contributed by atoms with Gasteiger partial charge < -0.3 is 9.73 Å². The van der Waals surface area contributed by atoms with Crippen LogP contribution in [0.1, 0.15) is 25.2 Å². The summed E-state index contributed by atoms with van der Waals surface area (Å²) in [4.78, 5) is 16.1. The van der Waals surface area contributed by atoms with E-state index in [1.807, 2.05) is 24.3 Å². The van der Waals surface area contributed by atoms with Crippen molar-refractivity contribution in [2.45, 2.75) is 25.8 Å². The fourth-order valence-electron chi connectivity index (χ4n) is 2.35. The minimum absolute atomic E-state index is 0.0545. The average molecular weight is 256 g/mol. The molecule has 1 N–H and O–H groups in total. The first-order valence-corrected chi connectivity index (χ1v) is 6.59. The third-order valence-electron chi connectivity index (χ3n) is 3.33. The Bertz CT molecular complexity index is 582. The van der Waals surface area contributed by atoms with Crippen molar-refractivity contribution in [1.29, 1.82) is 0 Å². The maximum Gasteiger partial charge on any atom is 0.221 e. The number of para-hydroxylation sites is 2. The van der Waals surface area contributed by atoms with Crippen LogP contribution in [0.3, 0.4) is 0 Å². The summed E-state index contributed by atoms with van der Waals surface area (Å²) in [6, 6.07) is 7.59. The predicted octanol–water partition coefficient (Wildman–Crippen LogP) is 2.80. The van der Waals surface area contributed by atoms with Crippen LogP contribution in [0, 0.1) is 5.92 Å². The molecule has 0 aliphatic heterocycles. The lowest BCUT2D eigenvalue weighted by Gasteiger charge is -2.06. The van der Waals surface area contributed by atoms with Crippen molar-refractivity contribution >= 4 is 17.0 Å². The number of amides is 1. The molecule has 4 nitrogen and oxygen atoms in total. The Labute approximate surface area is 111 Å². The third kappa shape index (κ3) is 2.84. The topological polar surface area (TPSA) is 55.1 Å². The zero-order valence-corrected chi connectivity index (χ0v) is 10.6. The molecule has 4 heteroatoms. The highest BCUT2D eigenvalue weighted by Gasteiger charge is 2.14. The maximum atomic E-state index is 11.8. The summed E-state index contributed by atoms with van der Waals surface area (Å²) in [6.07, 6.45) is 6.98. The number of carbonyl (C=O) groups excluding carboxylic acids is 1. The molecule has 3 rings (SSSR count). The van der Waals surface area contributed by atoms with Gasteiger partial charge in [-0.25, -0.2) is 4.98 Å². The lowest BCUT2D eigenvalue weighted by molar-refractivity contribution is -0.122. The molecule has 0 fully saturated rings. The van der Waals surface area contributed by atoms with Gasteiger partial charge in [0.15, 0.2) is 5.58 Å². The molecule has 0 spiro atoms. The second-order valence-electron chi connectivity index (χ2n) is 4.82. The van der Waals surface area contributed by atoms with E-state index in [9.17, 15) is 4.79 Å². The second kappa shape index (κ2) is 5.26. The fraction of sp³-hybridized carbons (Fsp3) is 0.333. The van der Waals surface area contributed by atoms with Gasteiger partial charge in [-0.3, -0.25) is 4.79 Å². The molecule has 1 aromatic heterocycles. The predicted molar refractivity (Wildman–Crippen MR) is 72.3 cm³/mol. The van der Waals surface area contributed by atoms with Gasteiger partial charge in [-0.1, -0.05) is 24.3 Å². The van der Waals surface area contributed by atoms with Crippen LogP contribution in [-0.2, 0) is 11.3 Å². The molecule has 2 aromatic rings. The fourth-order valence-corrected chi connectivity index (χ4v) is 2.35. The molecule has 1 aliphatic carbocycles. The van der Waals surface area contributed by atoms with Gasteiger partial charge in [0.25, 0.3) is 0 Å². The smallest absolute Gasteiger partial charge is 0.221 e. The zero-order valence-electron chi connectivity index (χ0n) is 10.6. The molecule has 98 valence electrons. The molecule has 0 saturated heterocycles. The number of allylic oxidation sites excluding steroid dienone is 2. The van der Waals surface area contributed by atoms with Crippen LogP contribution in [0.25, 0.3) is 11.1 Å². The van der Waals surface area contributed by atoms with Crippen LogP contribution in [0.5, 0.6) is 0 Å². The van der Waals surface area contributed by atoms with Crippen molar-refractivity contribution in [2.24, 2.45) is 5.92 Å². The monoisotopic (exact) mass is 256 g/mol. The van der Waals surface area contributed by atoms with Gasteiger partial charge in [0.1, 0.15) is 5.52 Å². The Morgan fingerprint density at radius 2 is 2.32 bits per heavy atom. The minimum atomic E-state index is 0.0545. The Kier molecular flexibility index (Phi) is 3.31. The van der Waals surface area contributed by atoms with Gasteiger partial charge in [-0.15, -0.1) is 0 Å². The Hall–Kier alpha value is -2.10. The van der Waals surface area contributed by atoms with E-state index in [0.717, 1.165) is 23.9 Å². The van der Waals surface area contributed by atoms with Gasteiger partial charge >= 0.3 is 0 Å². The van der Waals surface area contributed by atoms with E-state index in [1.165, 1.54) is 0 Å². The number of fused-ring (bicyclic) bond motifs is 1. The summed E-state index contributed by atoms with van der Waals surface area (Å²) in [5, 5.41) is 2.86. The van der Waals surface area contributed by atoms with Gasteiger partial charge in [-0.05, 0) is 30.9 Å². The highest BCUT2D eigenvalue weighted by molar-refractivity contribution is 5.76. The summed E-state index contributed by atoms with van der Waals surface area (Å²) >= 11 is 0. The molecular weight excluding hydrogens is 240 g/mol.